The molecule has 0 fully saturated rings. The number of fused-ring (bicyclic) bond motifs is 4. The molecule has 1 aliphatic rings. The van der Waals surface area contributed by atoms with Crippen LogP contribution in [0.3, 0.4) is 0 Å². The van der Waals surface area contributed by atoms with Crippen LogP contribution in [0.4, 0.5) is 22.7 Å². The Morgan fingerprint density at radius 3 is 1.88 bits per heavy atom. The Balaban J connectivity index is 0.00000672. The van der Waals surface area contributed by atoms with E-state index in [0.717, 1.165) is 38.7 Å². The molecule has 3 heterocycles. The maximum absolute atomic E-state index is 9.04. The van der Waals surface area contributed by atoms with Crippen LogP contribution in [0.25, 0.3) is 49.9 Å². The third-order valence-electron chi connectivity index (χ3n) is 11.7. The Morgan fingerprint density at radius 2 is 1.19 bits per heavy atom. The zero-order valence-corrected chi connectivity index (χ0v) is 39.1. The normalized spacial score (nSPS) is 14.3. The number of anilines is 4. The summed E-state index contributed by atoms with van der Waals surface area (Å²) >= 11 is 0. The molecule has 0 spiro atoms. The molecule has 0 saturated carbocycles. The number of benzene rings is 8. The molecule has 0 N–H and O–H groups in total. The predicted molar refractivity (Wildman–Crippen MR) is 270 cm³/mol. The van der Waals surface area contributed by atoms with Crippen molar-refractivity contribution in [2.45, 2.75) is 39.5 Å². The standard InChI is InChI=1S/C60H47N4O2.Pt/c1-40(2)48-25-16-26-49(41(3)4)60(48)66-47-34-35-61-58(38-47)64-54-29-12-11-24-52(54)53-33-32-46(37-57(53)64)65-45-23-15-22-44(36-45)62-39-63(56-31-14-13-30-55(56)62)59-50(42-18-7-5-8-19-42)27-17-28-51(59)43-20-9-6-10-21-43;/h5-35,38-41H,1-4H3;/q-3;/i5D,6D,7D,8D,9D,10D,18D,19D,20D,21D;. The van der Waals surface area contributed by atoms with Gasteiger partial charge in [0, 0.05) is 78.5 Å². The number of pyridine rings is 1. The van der Waals surface area contributed by atoms with Gasteiger partial charge in [0.1, 0.15) is 17.3 Å². The van der Waals surface area contributed by atoms with Gasteiger partial charge in [-0.25, -0.2) is 4.98 Å². The first kappa shape index (κ1) is 33.1. The van der Waals surface area contributed by atoms with Gasteiger partial charge < -0.3 is 23.8 Å². The van der Waals surface area contributed by atoms with Gasteiger partial charge in [-0.3, -0.25) is 0 Å². The fourth-order valence-electron chi connectivity index (χ4n) is 8.69. The Hall–Kier alpha value is -7.40. The molecule has 11 rings (SSSR count). The van der Waals surface area contributed by atoms with Crippen LogP contribution < -0.4 is 19.3 Å². The van der Waals surface area contributed by atoms with E-state index in [1.807, 2.05) is 88.3 Å². The number of nitrogens with zero attached hydrogens (tertiary/aromatic N) is 4. The van der Waals surface area contributed by atoms with E-state index in [0.29, 0.717) is 40.1 Å². The summed E-state index contributed by atoms with van der Waals surface area (Å²) in [5.74, 6) is 3.39. The van der Waals surface area contributed by atoms with Crippen molar-refractivity contribution in [3.05, 3.63) is 224 Å². The molecule has 0 saturated heterocycles. The van der Waals surface area contributed by atoms with Crippen molar-refractivity contribution in [1.82, 2.24) is 9.55 Å². The number of hydrogen-bond acceptors (Lipinski definition) is 5. The first-order valence-corrected chi connectivity index (χ1v) is 21.8. The zero-order valence-electron chi connectivity index (χ0n) is 46.9. The quantitative estimate of drug-likeness (QED) is 0.121. The molecule has 6 nitrogen and oxygen atoms in total. The van der Waals surface area contributed by atoms with E-state index in [2.05, 4.69) is 64.1 Å². The fourth-order valence-corrected chi connectivity index (χ4v) is 8.69. The van der Waals surface area contributed by atoms with Gasteiger partial charge in [0.05, 0.1) is 13.7 Å². The molecule has 1 aliphatic heterocycles. The van der Waals surface area contributed by atoms with Crippen molar-refractivity contribution in [3.63, 3.8) is 0 Å². The number of para-hydroxylation sites is 5. The Morgan fingerprint density at radius 1 is 0.582 bits per heavy atom. The van der Waals surface area contributed by atoms with E-state index in [1.54, 1.807) is 42.0 Å². The molecule has 0 radical (unpaired) electrons. The molecule has 7 heteroatoms. The maximum atomic E-state index is 9.04. The SMILES string of the molecule is [2H]c1c([2H])c([2H])c(-c2cccc(-c3c([2H])c([2H])c([2H])c([2H])c3[2H])c2N2[CH-]N(c3[c-]c(Oc4[c-]c5c(cc4)c4ccccc4n5-c4cc(Oc5c(C(C)C)cccc5C(C)C)ccn4)ccc3)c3ccccc32)c([2H])c1[2H].[Pt]. The summed E-state index contributed by atoms with van der Waals surface area (Å²) < 4.78 is 103. The fraction of sp³-hybridized carbons (Fsp3) is 0.100. The Bertz CT molecular complexity index is 3830. The Labute approximate surface area is 421 Å². The van der Waals surface area contributed by atoms with E-state index in [1.165, 1.54) is 0 Å². The van der Waals surface area contributed by atoms with Crippen LogP contribution >= 0.6 is 0 Å². The van der Waals surface area contributed by atoms with Gasteiger partial charge in [0.2, 0.25) is 0 Å². The first-order chi connectivity index (χ1) is 36.5. The molecule has 0 aliphatic carbocycles. The van der Waals surface area contributed by atoms with Crippen LogP contribution in [0.15, 0.2) is 194 Å². The summed E-state index contributed by atoms with van der Waals surface area (Å²) in [4.78, 5) is 8.45. The second-order valence-corrected chi connectivity index (χ2v) is 16.5. The monoisotopic (exact) mass is 1060 g/mol. The summed E-state index contributed by atoms with van der Waals surface area (Å²) in [5.41, 5.74) is 5.98. The molecule has 332 valence electrons. The largest absolute Gasteiger partial charge is 0.509 e. The zero-order chi connectivity index (χ0) is 53.4. The van der Waals surface area contributed by atoms with Gasteiger partial charge in [-0.2, -0.15) is 12.1 Å². The third-order valence-corrected chi connectivity index (χ3v) is 11.7. The second kappa shape index (κ2) is 18.5. The van der Waals surface area contributed by atoms with Crippen LogP contribution in [0.1, 0.15) is 64.4 Å². The molecule has 0 unspecified atom stereocenters. The van der Waals surface area contributed by atoms with Crippen molar-refractivity contribution in [3.8, 4) is 51.1 Å². The van der Waals surface area contributed by atoms with E-state index in [4.69, 9.17) is 28.2 Å². The van der Waals surface area contributed by atoms with Crippen LogP contribution in [-0.4, -0.2) is 9.55 Å². The van der Waals surface area contributed by atoms with Crippen LogP contribution in [0, 0.1) is 18.8 Å². The number of aromatic nitrogens is 2. The van der Waals surface area contributed by atoms with Gasteiger partial charge in [0.15, 0.2) is 0 Å². The van der Waals surface area contributed by atoms with Gasteiger partial charge in [-0.05, 0) is 63.7 Å². The molecule has 10 aromatic rings. The molecule has 8 aromatic carbocycles. The third kappa shape index (κ3) is 8.17. The van der Waals surface area contributed by atoms with E-state index in [-0.39, 0.29) is 60.8 Å². The van der Waals surface area contributed by atoms with Crippen molar-refractivity contribution < 1.29 is 44.2 Å². The van der Waals surface area contributed by atoms with Crippen LogP contribution in [-0.2, 0) is 21.1 Å². The summed E-state index contributed by atoms with van der Waals surface area (Å²) in [7, 11) is 0. The van der Waals surface area contributed by atoms with E-state index < -0.39 is 60.4 Å². The average molecular weight is 1060 g/mol. The molecular formula is C60H47N4O2Pt-3. The maximum Gasteiger partial charge on any atom is 0.139 e. The van der Waals surface area contributed by atoms with Crippen molar-refractivity contribution in [2.75, 3.05) is 9.80 Å². The minimum atomic E-state index is -0.569. The second-order valence-electron chi connectivity index (χ2n) is 16.5. The molecular weight excluding hydrogens is 1000 g/mol. The number of hydrogen-bond donors (Lipinski definition) is 0. The Kier molecular flexibility index (Phi) is 9.13. The molecule has 2 aromatic heterocycles. The summed E-state index contributed by atoms with van der Waals surface area (Å²) in [6.45, 7) is 10.4. The molecule has 0 atom stereocenters. The smallest absolute Gasteiger partial charge is 0.139 e. The van der Waals surface area contributed by atoms with Crippen molar-refractivity contribution in [2.24, 2.45) is 0 Å². The topological polar surface area (TPSA) is 42.8 Å². The molecule has 0 bridgehead atoms. The average Bonchev–Trinajstić information content (AvgIpc) is 4.01. The van der Waals surface area contributed by atoms with Gasteiger partial charge in [-0.1, -0.05) is 160 Å². The molecule has 0 amide bonds. The van der Waals surface area contributed by atoms with Crippen molar-refractivity contribution in [1.29, 1.82) is 0 Å². The summed E-state index contributed by atoms with van der Waals surface area (Å²) in [6.07, 6.45) is 1.75. The van der Waals surface area contributed by atoms with E-state index in [9.17, 15) is 0 Å². The number of ether oxygens (including phenoxy) is 2. The molecule has 67 heavy (non-hydrogen) atoms. The summed E-state index contributed by atoms with van der Waals surface area (Å²) in [6, 6.07) is 41.5. The van der Waals surface area contributed by atoms with Gasteiger partial charge in [-0.15, -0.1) is 48.1 Å². The minimum Gasteiger partial charge on any atom is -0.509 e. The van der Waals surface area contributed by atoms with Gasteiger partial charge >= 0.3 is 0 Å². The van der Waals surface area contributed by atoms with E-state index >= 15 is 0 Å². The van der Waals surface area contributed by atoms with Crippen LogP contribution in [0.2, 0.25) is 0 Å². The first-order valence-electron chi connectivity index (χ1n) is 26.8. The summed E-state index contributed by atoms with van der Waals surface area (Å²) in [5, 5.41) is 1.95. The number of rotatable bonds is 11. The van der Waals surface area contributed by atoms with Crippen LogP contribution in [0.5, 0.6) is 23.0 Å². The van der Waals surface area contributed by atoms with Gasteiger partial charge in [0.25, 0.3) is 0 Å². The minimum absolute atomic E-state index is 0. The van der Waals surface area contributed by atoms with Crippen molar-refractivity contribution >= 4 is 44.6 Å². The predicted octanol–water partition coefficient (Wildman–Crippen LogP) is 16.4.